The molecule has 4 heteroatoms. The van der Waals surface area contributed by atoms with Gasteiger partial charge in [0.2, 0.25) is 0 Å². The quantitative estimate of drug-likeness (QED) is 0.780. The van der Waals surface area contributed by atoms with E-state index in [0.717, 1.165) is 50.4 Å². The van der Waals surface area contributed by atoms with Gasteiger partial charge in [0.05, 0.1) is 6.20 Å². The molecule has 2 N–H and O–H groups in total. The van der Waals surface area contributed by atoms with Gasteiger partial charge in [0.1, 0.15) is 5.76 Å². The number of aliphatic hydroxyl groups is 1. The van der Waals surface area contributed by atoms with E-state index in [0.29, 0.717) is 5.92 Å². The van der Waals surface area contributed by atoms with Gasteiger partial charge in [-0.15, -0.1) is 0 Å². The fraction of sp³-hybridized carbons (Fsp3) is 0.727. The first-order valence-electron chi connectivity index (χ1n) is 5.66. The Hall–Kier alpha value is -0.870. The summed E-state index contributed by atoms with van der Waals surface area (Å²) in [6.07, 6.45) is 5.58. The largest absolute Gasteiger partial charge is 0.445 e. The molecule has 0 aromatic carbocycles. The van der Waals surface area contributed by atoms with E-state index in [1.54, 1.807) is 0 Å². The first kappa shape index (κ1) is 10.6. The number of aryl methyl sites for hydroxylation is 1. The van der Waals surface area contributed by atoms with Crippen molar-refractivity contribution >= 4 is 0 Å². The van der Waals surface area contributed by atoms with Gasteiger partial charge in [0.15, 0.2) is 5.89 Å². The van der Waals surface area contributed by atoms with Gasteiger partial charge in [0, 0.05) is 18.9 Å². The van der Waals surface area contributed by atoms with Crippen molar-refractivity contribution in [1.29, 1.82) is 0 Å². The number of oxazole rings is 1. The molecule has 0 amide bonds. The van der Waals surface area contributed by atoms with Crippen LogP contribution in [-0.4, -0.2) is 29.8 Å². The number of aromatic nitrogens is 1. The number of rotatable bonds is 4. The van der Waals surface area contributed by atoms with Crippen LogP contribution in [0, 0.1) is 0 Å². The van der Waals surface area contributed by atoms with Crippen LogP contribution < -0.4 is 5.32 Å². The molecule has 1 aromatic rings. The second-order valence-corrected chi connectivity index (χ2v) is 4.01. The molecule has 0 aliphatic carbocycles. The van der Waals surface area contributed by atoms with Gasteiger partial charge >= 0.3 is 0 Å². The van der Waals surface area contributed by atoms with Gasteiger partial charge in [-0.2, -0.15) is 0 Å². The van der Waals surface area contributed by atoms with Gasteiger partial charge in [-0.1, -0.05) is 0 Å². The predicted octanol–water partition coefficient (Wildman–Crippen LogP) is 1.07. The number of piperidine rings is 1. The lowest BCUT2D eigenvalue weighted by molar-refractivity contribution is 0.281. The fourth-order valence-corrected chi connectivity index (χ4v) is 1.97. The smallest absolute Gasteiger partial charge is 0.194 e. The van der Waals surface area contributed by atoms with Gasteiger partial charge in [-0.3, -0.25) is 0 Å². The summed E-state index contributed by atoms with van der Waals surface area (Å²) in [6.45, 7) is 2.33. The molecule has 4 nitrogen and oxygen atoms in total. The molecule has 15 heavy (non-hydrogen) atoms. The monoisotopic (exact) mass is 210 g/mol. The van der Waals surface area contributed by atoms with Crippen LogP contribution in [-0.2, 0) is 6.42 Å². The van der Waals surface area contributed by atoms with Crippen molar-refractivity contribution in [2.75, 3.05) is 19.7 Å². The van der Waals surface area contributed by atoms with E-state index < -0.39 is 0 Å². The summed E-state index contributed by atoms with van der Waals surface area (Å²) in [6, 6.07) is 0. The zero-order valence-corrected chi connectivity index (χ0v) is 8.91. The maximum absolute atomic E-state index is 8.71. The molecule has 2 heterocycles. The van der Waals surface area contributed by atoms with Gasteiger partial charge < -0.3 is 14.8 Å². The SMILES string of the molecule is OCCCc1ncc(C2CCNCC2)o1. The molecule has 1 aromatic heterocycles. The summed E-state index contributed by atoms with van der Waals surface area (Å²) in [5, 5.41) is 12.0. The van der Waals surface area contributed by atoms with Crippen LogP contribution in [0.5, 0.6) is 0 Å². The molecule has 0 bridgehead atoms. The average molecular weight is 210 g/mol. The molecular formula is C11H18N2O2. The molecule has 1 aliphatic heterocycles. The van der Waals surface area contributed by atoms with Gasteiger partial charge in [0.25, 0.3) is 0 Å². The van der Waals surface area contributed by atoms with E-state index in [1.165, 1.54) is 0 Å². The summed E-state index contributed by atoms with van der Waals surface area (Å²) in [7, 11) is 0. The highest BCUT2D eigenvalue weighted by molar-refractivity contribution is 5.03. The van der Waals surface area contributed by atoms with Crippen molar-refractivity contribution < 1.29 is 9.52 Å². The normalized spacial score (nSPS) is 18.2. The maximum Gasteiger partial charge on any atom is 0.194 e. The van der Waals surface area contributed by atoms with E-state index in [9.17, 15) is 0 Å². The van der Waals surface area contributed by atoms with Crippen molar-refractivity contribution in [2.24, 2.45) is 0 Å². The van der Waals surface area contributed by atoms with Crippen LogP contribution in [0.3, 0.4) is 0 Å². The third-order valence-corrected chi connectivity index (χ3v) is 2.86. The Bertz CT molecular complexity index is 293. The molecule has 1 fully saturated rings. The molecule has 0 saturated carbocycles. The van der Waals surface area contributed by atoms with E-state index in [2.05, 4.69) is 10.3 Å². The van der Waals surface area contributed by atoms with Crippen molar-refractivity contribution in [1.82, 2.24) is 10.3 Å². The van der Waals surface area contributed by atoms with Crippen LogP contribution in [0.1, 0.15) is 36.8 Å². The van der Waals surface area contributed by atoms with E-state index in [4.69, 9.17) is 9.52 Å². The molecule has 0 spiro atoms. The molecule has 2 rings (SSSR count). The lowest BCUT2D eigenvalue weighted by Crippen LogP contribution is -2.26. The van der Waals surface area contributed by atoms with Crippen molar-refractivity contribution in [3.63, 3.8) is 0 Å². The van der Waals surface area contributed by atoms with E-state index in [-0.39, 0.29) is 6.61 Å². The van der Waals surface area contributed by atoms with Crippen LogP contribution in [0.15, 0.2) is 10.6 Å². The summed E-state index contributed by atoms with van der Waals surface area (Å²) >= 11 is 0. The first-order valence-corrected chi connectivity index (χ1v) is 5.66. The van der Waals surface area contributed by atoms with Crippen molar-refractivity contribution in [3.05, 3.63) is 17.8 Å². The summed E-state index contributed by atoms with van der Waals surface area (Å²) in [5.74, 6) is 2.31. The zero-order chi connectivity index (χ0) is 10.5. The fourth-order valence-electron chi connectivity index (χ4n) is 1.97. The summed E-state index contributed by atoms with van der Waals surface area (Å²) < 4.78 is 5.68. The zero-order valence-electron chi connectivity index (χ0n) is 8.91. The lowest BCUT2D eigenvalue weighted by atomic mass is 9.96. The standard InChI is InChI=1S/C11H18N2O2/c14-7-1-2-11-13-8-10(15-11)9-3-5-12-6-4-9/h8-9,12,14H,1-7H2. The Labute approximate surface area is 89.7 Å². The minimum Gasteiger partial charge on any atom is -0.445 e. The Morgan fingerprint density at radius 3 is 3.00 bits per heavy atom. The first-order chi connectivity index (χ1) is 7.40. The Morgan fingerprint density at radius 2 is 2.27 bits per heavy atom. The van der Waals surface area contributed by atoms with E-state index in [1.807, 2.05) is 6.20 Å². The number of hydrogen-bond donors (Lipinski definition) is 2. The second kappa shape index (κ2) is 5.28. The van der Waals surface area contributed by atoms with Gasteiger partial charge in [-0.05, 0) is 32.4 Å². The highest BCUT2D eigenvalue weighted by Crippen LogP contribution is 2.25. The minimum absolute atomic E-state index is 0.199. The molecular weight excluding hydrogens is 192 g/mol. The molecule has 84 valence electrons. The molecule has 0 unspecified atom stereocenters. The molecule has 0 radical (unpaired) electrons. The van der Waals surface area contributed by atoms with Crippen molar-refractivity contribution in [2.45, 2.75) is 31.6 Å². The molecule has 0 atom stereocenters. The maximum atomic E-state index is 8.71. The van der Waals surface area contributed by atoms with Gasteiger partial charge in [-0.25, -0.2) is 4.98 Å². The van der Waals surface area contributed by atoms with Crippen LogP contribution in [0.25, 0.3) is 0 Å². The Morgan fingerprint density at radius 1 is 1.47 bits per heavy atom. The number of aliphatic hydroxyl groups excluding tert-OH is 1. The highest BCUT2D eigenvalue weighted by Gasteiger charge is 2.18. The lowest BCUT2D eigenvalue weighted by Gasteiger charge is -2.19. The van der Waals surface area contributed by atoms with E-state index >= 15 is 0 Å². The van der Waals surface area contributed by atoms with Crippen LogP contribution in [0.4, 0.5) is 0 Å². The third-order valence-electron chi connectivity index (χ3n) is 2.86. The number of nitrogens with zero attached hydrogens (tertiary/aromatic N) is 1. The van der Waals surface area contributed by atoms with Crippen LogP contribution >= 0.6 is 0 Å². The van der Waals surface area contributed by atoms with Crippen molar-refractivity contribution in [3.8, 4) is 0 Å². The number of hydrogen-bond acceptors (Lipinski definition) is 4. The topological polar surface area (TPSA) is 58.3 Å². The number of nitrogens with one attached hydrogen (secondary N) is 1. The van der Waals surface area contributed by atoms with Crippen LogP contribution in [0.2, 0.25) is 0 Å². The second-order valence-electron chi connectivity index (χ2n) is 4.01. The Kier molecular flexibility index (Phi) is 3.75. The average Bonchev–Trinajstić information content (AvgIpc) is 2.76. The summed E-state index contributed by atoms with van der Waals surface area (Å²) in [4.78, 5) is 4.23. The molecule has 1 aliphatic rings. The Balaban J connectivity index is 1.93. The third kappa shape index (κ3) is 2.79. The molecule has 1 saturated heterocycles. The minimum atomic E-state index is 0.199. The predicted molar refractivity (Wildman–Crippen MR) is 56.8 cm³/mol. The summed E-state index contributed by atoms with van der Waals surface area (Å²) in [5.41, 5.74) is 0. The highest BCUT2D eigenvalue weighted by atomic mass is 16.4.